The monoisotopic (exact) mass is 684 g/mol. The van der Waals surface area contributed by atoms with Crippen LogP contribution in [0.1, 0.15) is 61.4 Å². The van der Waals surface area contributed by atoms with E-state index in [2.05, 4.69) is 16.0 Å². The highest BCUT2D eigenvalue weighted by molar-refractivity contribution is 6.40. The van der Waals surface area contributed by atoms with Gasteiger partial charge >= 0.3 is 12.0 Å². The van der Waals surface area contributed by atoms with Crippen LogP contribution in [0.15, 0.2) is 97.1 Å². The average molecular weight is 686 g/mol. The lowest BCUT2D eigenvalue weighted by molar-refractivity contribution is -0.147. The third-order valence-corrected chi connectivity index (χ3v) is 9.27. The molecule has 0 saturated carbocycles. The quantitative estimate of drug-likeness (QED) is 0.176. The highest BCUT2D eigenvalue weighted by Gasteiger charge is 2.33. The van der Waals surface area contributed by atoms with Gasteiger partial charge in [-0.1, -0.05) is 108 Å². The van der Waals surface area contributed by atoms with Gasteiger partial charge in [-0.25, -0.2) is 9.59 Å². The number of nitrogens with zero attached hydrogens (tertiary/aromatic N) is 1. The third kappa shape index (κ3) is 7.64. The summed E-state index contributed by atoms with van der Waals surface area (Å²) in [5, 5.41) is 8.15. The predicted molar refractivity (Wildman–Crippen MR) is 183 cm³/mol. The normalized spacial score (nSPS) is 15.9. The number of carbonyl (C=O) groups excluding carboxylic acids is 4. The van der Waals surface area contributed by atoms with Crippen LogP contribution in [0.2, 0.25) is 10.0 Å². The first-order valence-corrected chi connectivity index (χ1v) is 16.5. The topological polar surface area (TPSA) is 117 Å². The first kappa shape index (κ1) is 33.1. The Hall–Kier alpha value is -4.86. The molecule has 246 valence electrons. The number of hydrogen-bond acceptors (Lipinski definition) is 5. The number of amides is 4. The summed E-state index contributed by atoms with van der Waals surface area (Å²) in [6, 6.07) is 27.8. The van der Waals surface area contributed by atoms with Gasteiger partial charge in [0, 0.05) is 24.6 Å². The van der Waals surface area contributed by atoms with Gasteiger partial charge in [0.1, 0.15) is 12.6 Å². The first-order valence-electron chi connectivity index (χ1n) is 15.7. The van der Waals surface area contributed by atoms with Gasteiger partial charge in [0.15, 0.2) is 0 Å². The molecule has 0 unspecified atom stereocenters. The summed E-state index contributed by atoms with van der Waals surface area (Å²) in [6.45, 7) is 0.821. The Morgan fingerprint density at radius 2 is 1.50 bits per heavy atom. The zero-order chi connectivity index (χ0) is 33.6. The number of likely N-dealkylation sites (tertiary alicyclic amines) is 1. The second kappa shape index (κ2) is 14.9. The van der Waals surface area contributed by atoms with Crippen molar-refractivity contribution in [3.63, 3.8) is 0 Å². The number of rotatable bonds is 10. The van der Waals surface area contributed by atoms with Crippen molar-refractivity contribution in [2.24, 2.45) is 0 Å². The largest absolute Gasteiger partial charge is 0.459 e. The van der Waals surface area contributed by atoms with Crippen molar-refractivity contribution in [2.75, 3.05) is 19.6 Å². The van der Waals surface area contributed by atoms with Gasteiger partial charge in [-0.3, -0.25) is 9.59 Å². The summed E-state index contributed by atoms with van der Waals surface area (Å²) in [5.41, 5.74) is 4.30. The lowest BCUT2D eigenvalue weighted by atomic mass is 9.91. The molecule has 48 heavy (non-hydrogen) atoms. The number of ether oxygens (including phenoxy) is 1. The fourth-order valence-corrected chi connectivity index (χ4v) is 6.70. The zero-order valence-corrected chi connectivity index (χ0v) is 27.5. The average Bonchev–Trinajstić information content (AvgIpc) is 3.47. The molecule has 0 spiro atoms. The molecule has 2 atom stereocenters. The van der Waals surface area contributed by atoms with Crippen LogP contribution in [0, 0.1) is 0 Å². The van der Waals surface area contributed by atoms with E-state index < -0.39 is 23.9 Å². The Morgan fingerprint density at radius 1 is 0.854 bits per heavy atom. The molecule has 1 heterocycles. The molecule has 2 aliphatic rings. The number of nitrogens with one attached hydrogen (secondary N) is 3. The van der Waals surface area contributed by atoms with E-state index in [0.717, 1.165) is 29.5 Å². The molecule has 3 N–H and O–H groups in total. The van der Waals surface area contributed by atoms with Crippen molar-refractivity contribution in [2.45, 2.75) is 37.5 Å². The molecular weight excluding hydrogens is 651 g/mol. The van der Waals surface area contributed by atoms with Gasteiger partial charge in [0.2, 0.25) is 0 Å². The molecule has 1 aliphatic heterocycles. The minimum atomic E-state index is -1.27. The maximum atomic E-state index is 13.5. The lowest BCUT2D eigenvalue weighted by Gasteiger charge is -2.39. The molecule has 4 aromatic rings. The van der Waals surface area contributed by atoms with E-state index in [9.17, 15) is 19.2 Å². The molecule has 1 aliphatic carbocycles. The summed E-state index contributed by atoms with van der Waals surface area (Å²) < 4.78 is 5.49. The van der Waals surface area contributed by atoms with Crippen LogP contribution >= 0.6 is 23.2 Å². The van der Waals surface area contributed by atoms with E-state index in [1.807, 2.05) is 72.8 Å². The third-order valence-electron chi connectivity index (χ3n) is 8.67. The van der Waals surface area contributed by atoms with E-state index >= 15 is 0 Å². The minimum absolute atomic E-state index is 0.0307. The molecule has 0 aromatic heterocycles. The number of halogens is 2. The van der Waals surface area contributed by atoms with Gasteiger partial charge in [-0.2, -0.15) is 0 Å². The van der Waals surface area contributed by atoms with Crippen LogP contribution in [0.5, 0.6) is 0 Å². The van der Waals surface area contributed by atoms with Gasteiger partial charge < -0.3 is 25.6 Å². The second-order valence-corrected chi connectivity index (χ2v) is 12.7. The van der Waals surface area contributed by atoms with E-state index in [1.54, 1.807) is 17.0 Å². The van der Waals surface area contributed by atoms with Crippen molar-refractivity contribution in [3.05, 3.63) is 140 Å². The highest BCUT2D eigenvalue weighted by atomic mass is 35.5. The van der Waals surface area contributed by atoms with Gasteiger partial charge in [-0.05, 0) is 47.2 Å². The molecule has 4 amide bonds. The molecule has 1 saturated heterocycles. The van der Waals surface area contributed by atoms with Crippen molar-refractivity contribution >= 4 is 47.0 Å². The van der Waals surface area contributed by atoms with Crippen molar-refractivity contribution in [1.29, 1.82) is 0 Å². The first-order chi connectivity index (χ1) is 23.3. The molecule has 9 nitrogen and oxygen atoms in total. The zero-order valence-electron chi connectivity index (χ0n) is 26.0. The van der Waals surface area contributed by atoms with Gasteiger partial charge in [0.25, 0.3) is 11.8 Å². The van der Waals surface area contributed by atoms with Gasteiger partial charge in [-0.15, -0.1) is 0 Å². The number of urea groups is 1. The van der Waals surface area contributed by atoms with Gasteiger partial charge in [0.05, 0.1) is 28.2 Å². The number of esters is 1. The summed E-state index contributed by atoms with van der Waals surface area (Å²) in [7, 11) is 0. The maximum Gasteiger partial charge on any atom is 0.330 e. The molecule has 0 bridgehead atoms. The number of aryl methyl sites for hydroxylation is 1. The summed E-state index contributed by atoms with van der Waals surface area (Å²) in [6.07, 6.45) is 1.61. The molecule has 11 heteroatoms. The fraction of sp³-hybridized carbons (Fsp3) is 0.243. The fourth-order valence-electron chi connectivity index (χ4n) is 6.04. The Bertz CT molecular complexity index is 1790. The van der Waals surface area contributed by atoms with E-state index in [0.29, 0.717) is 13.1 Å². The molecule has 6 rings (SSSR count). The number of hydrogen-bond donors (Lipinski definition) is 3. The number of fused-ring (bicyclic) bond motifs is 1. The minimum Gasteiger partial charge on any atom is -0.459 e. The Kier molecular flexibility index (Phi) is 10.3. The second-order valence-electron chi connectivity index (χ2n) is 11.9. The Morgan fingerprint density at radius 3 is 2.21 bits per heavy atom. The summed E-state index contributed by atoms with van der Waals surface area (Å²) in [4.78, 5) is 54.5. The van der Waals surface area contributed by atoms with Crippen molar-refractivity contribution in [1.82, 2.24) is 20.9 Å². The molecule has 1 fully saturated rings. The smallest absolute Gasteiger partial charge is 0.330 e. The predicted octanol–water partition coefficient (Wildman–Crippen LogP) is 6.06. The summed E-state index contributed by atoms with van der Waals surface area (Å²) >= 11 is 13.0. The summed E-state index contributed by atoms with van der Waals surface area (Å²) in [5.74, 6) is -1.52. The van der Waals surface area contributed by atoms with E-state index in [4.69, 9.17) is 27.9 Å². The van der Waals surface area contributed by atoms with Crippen molar-refractivity contribution in [3.8, 4) is 0 Å². The van der Waals surface area contributed by atoms with E-state index in [1.165, 1.54) is 17.7 Å². The molecule has 0 radical (unpaired) electrons. The van der Waals surface area contributed by atoms with Crippen molar-refractivity contribution < 1.29 is 23.9 Å². The van der Waals surface area contributed by atoms with Crippen LogP contribution in [0.3, 0.4) is 0 Å². The number of benzene rings is 4. The Labute approximate surface area is 288 Å². The molecule has 4 aromatic carbocycles. The van der Waals surface area contributed by atoms with Crippen LogP contribution in [-0.4, -0.2) is 54.4 Å². The Balaban J connectivity index is 1.11. The van der Waals surface area contributed by atoms with E-state index in [-0.39, 0.29) is 52.2 Å². The lowest BCUT2D eigenvalue weighted by Crippen LogP contribution is -2.51. The highest BCUT2D eigenvalue weighted by Crippen LogP contribution is 2.32. The maximum absolute atomic E-state index is 13.5. The number of carbonyl (C=O) groups is 4. The van der Waals surface area contributed by atoms with Crippen LogP contribution in [0.25, 0.3) is 0 Å². The standard InChI is InChI=1S/C37H34Cl2N4O5/c38-29-17-26(35(45)43-20-27(21-43)24-11-5-2-6-12-24)18-30(39)33(29)34(44)41-32(36(46)48-22-23-9-3-1-4-10-23)19-40-37(47)42-31-16-15-25-13-7-8-14-28(25)31/h1-14,17-18,27,31-32H,15-16,19-22H2,(H,41,44)(H2,40,42,47)/t31-,32+/m1/s1. The van der Waals surface area contributed by atoms with Crippen LogP contribution < -0.4 is 16.0 Å². The van der Waals surface area contributed by atoms with Crippen LogP contribution in [0.4, 0.5) is 4.79 Å². The van der Waals surface area contributed by atoms with Crippen LogP contribution in [-0.2, 0) is 22.6 Å². The molecular formula is C37H34Cl2N4O5. The SMILES string of the molecule is O=C(NC[C@H](NC(=O)c1c(Cl)cc(C(=O)N2CC(c3ccccc3)C2)cc1Cl)C(=O)OCc1ccccc1)N[C@@H]1CCc2ccccc21.